The van der Waals surface area contributed by atoms with Crippen LogP contribution in [0.4, 0.5) is 0 Å². The van der Waals surface area contributed by atoms with Gasteiger partial charge in [0, 0.05) is 23.5 Å². The number of halogens is 2. The molecule has 0 aliphatic carbocycles. The molecule has 0 atom stereocenters. The van der Waals surface area contributed by atoms with Crippen LogP contribution in [0.15, 0.2) is 10.6 Å². The van der Waals surface area contributed by atoms with Crippen molar-refractivity contribution in [1.82, 2.24) is 4.90 Å². The van der Waals surface area contributed by atoms with E-state index in [0.717, 1.165) is 25.9 Å². The highest BCUT2D eigenvalue weighted by Crippen LogP contribution is 2.30. The van der Waals surface area contributed by atoms with Crippen LogP contribution in [0, 0.1) is 0 Å². The molecule has 15 heavy (non-hydrogen) atoms. The van der Waals surface area contributed by atoms with Crippen LogP contribution in [-0.2, 0) is 9.47 Å². The van der Waals surface area contributed by atoms with Gasteiger partial charge in [-0.1, -0.05) is 23.2 Å². The largest absolute Gasteiger partial charge is 0.346 e. The van der Waals surface area contributed by atoms with Crippen molar-refractivity contribution in [2.75, 3.05) is 32.8 Å². The summed E-state index contributed by atoms with van der Waals surface area (Å²) in [5.41, 5.74) is 1.42. The Hall–Kier alpha value is 0.200. The quantitative estimate of drug-likeness (QED) is 0.751. The maximum atomic E-state index is 5.90. The zero-order valence-corrected chi connectivity index (χ0v) is 10.1. The van der Waals surface area contributed by atoms with Crippen molar-refractivity contribution in [3.8, 4) is 0 Å². The van der Waals surface area contributed by atoms with Crippen LogP contribution in [0.5, 0.6) is 0 Å². The maximum Gasteiger partial charge on any atom is 0.181 e. The number of ether oxygens (including phenoxy) is 2. The van der Waals surface area contributed by atoms with Gasteiger partial charge in [0.1, 0.15) is 0 Å². The van der Waals surface area contributed by atoms with Crippen molar-refractivity contribution in [2.24, 2.45) is 0 Å². The molecule has 1 spiro atoms. The highest BCUT2D eigenvalue weighted by Gasteiger charge is 2.40. The van der Waals surface area contributed by atoms with E-state index < -0.39 is 0 Å². The van der Waals surface area contributed by atoms with Crippen molar-refractivity contribution in [2.45, 2.75) is 18.6 Å². The van der Waals surface area contributed by atoms with Gasteiger partial charge in [-0.05, 0) is 13.0 Å². The lowest BCUT2D eigenvalue weighted by Gasteiger charge is -2.38. The molecule has 86 valence electrons. The lowest BCUT2D eigenvalue weighted by molar-refractivity contribution is -0.188. The van der Waals surface area contributed by atoms with E-state index in [-0.39, 0.29) is 5.79 Å². The zero-order chi connectivity index (χ0) is 10.7. The Morgan fingerprint density at radius 3 is 2.80 bits per heavy atom. The van der Waals surface area contributed by atoms with E-state index in [1.807, 2.05) is 0 Å². The SMILES string of the molecule is Cl/C=C(/Cl)CN1CCCC2(C1)OCCO2. The Bertz CT molecular complexity index is 252. The van der Waals surface area contributed by atoms with E-state index in [1.54, 1.807) is 0 Å². The average Bonchev–Trinajstić information content (AvgIpc) is 2.66. The van der Waals surface area contributed by atoms with Crippen LogP contribution in [0.3, 0.4) is 0 Å². The zero-order valence-electron chi connectivity index (χ0n) is 8.55. The molecule has 0 aromatic heterocycles. The molecule has 3 nitrogen and oxygen atoms in total. The summed E-state index contributed by atoms with van der Waals surface area (Å²) >= 11 is 11.4. The average molecular weight is 252 g/mol. The van der Waals surface area contributed by atoms with Gasteiger partial charge in [-0.2, -0.15) is 0 Å². The van der Waals surface area contributed by atoms with Crippen molar-refractivity contribution < 1.29 is 9.47 Å². The third-order valence-electron chi connectivity index (χ3n) is 2.80. The van der Waals surface area contributed by atoms with Gasteiger partial charge in [-0.3, -0.25) is 4.90 Å². The first-order valence-corrected chi connectivity index (χ1v) is 6.01. The number of hydrogen-bond donors (Lipinski definition) is 0. The number of nitrogens with zero attached hydrogens (tertiary/aromatic N) is 1. The minimum absolute atomic E-state index is 0.373. The summed E-state index contributed by atoms with van der Waals surface area (Å²) in [6, 6.07) is 0. The summed E-state index contributed by atoms with van der Waals surface area (Å²) < 4.78 is 11.3. The predicted molar refractivity (Wildman–Crippen MR) is 60.1 cm³/mol. The number of hydrogen-bond acceptors (Lipinski definition) is 3. The molecule has 2 fully saturated rings. The Morgan fingerprint density at radius 2 is 2.13 bits per heavy atom. The maximum absolute atomic E-state index is 5.90. The van der Waals surface area contributed by atoms with Gasteiger partial charge in [-0.25, -0.2) is 0 Å². The lowest BCUT2D eigenvalue weighted by Crippen LogP contribution is -2.49. The summed E-state index contributed by atoms with van der Waals surface area (Å²) in [6.45, 7) is 3.89. The van der Waals surface area contributed by atoms with E-state index in [1.165, 1.54) is 5.54 Å². The first-order chi connectivity index (χ1) is 7.24. The fourth-order valence-corrected chi connectivity index (χ4v) is 2.42. The van der Waals surface area contributed by atoms with Gasteiger partial charge >= 0.3 is 0 Å². The Labute approximate surface area is 99.9 Å². The normalized spacial score (nSPS) is 27.5. The first-order valence-electron chi connectivity index (χ1n) is 5.19. The van der Waals surface area contributed by atoms with Crippen molar-refractivity contribution in [3.05, 3.63) is 10.6 Å². The van der Waals surface area contributed by atoms with E-state index in [9.17, 15) is 0 Å². The third-order valence-corrected chi connectivity index (χ3v) is 3.41. The molecule has 2 aliphatic heterocycles. The number of piperidine rings is 1. The molecular formula is C10H15Cl2NO2. The summed E-state index contributed by atoms with van der Waals surface area (Å²) in [5, 5.41) is 0.659. The molecule has 0 radical (unpaired) electrons. The molecule has 2 heterocycles. The lowest BCUT2D eigenvalue weighted by atomic mass is 10.0. The van der Waals surface area contributed by atoms with Crippen LogP contribution in [-0.4, -0.2) is 43.5 Å². The fourth-order valence-electron chi connectivity index (χ4n) is 2.19. The summed E-state index contributed by atoms with van der Waals surface area (Å²) in [6.07, 6.45) is 2.05. The molecule has 0 aromatic carbocycles. The molecule has 0 saturated carbocycles. The monoisotopic (exact) mass is 251 g/mol. The predicted octanol–water partition coefficient (Wildman–Crippen LogP) is 2.14. The topological polar surface area (TPSA) is 21.7 Å². The Morgan fingerprint density at radius 1 is 1.40 bits per heavy atom. The minimum Gasteiger partial charge on any atom is -0.346 e. The first kappa shape index (κ1) is 11.7. The molecule has 0 aromatic rings. The third kappa shape index (κ3) is 2.86. The van der Waals surface area contributed by atoms with Crippen LogP contribution in [0.1, 0.15) is 12.8 Å². The summed E-state index contributed by atoms with van der Waals surface area (Å²) in [7, 11) is 0. The van der Waals surface area contributed by atoms with E-state index in [2.05, 4.69) is 4.90 Å². The smallest absolute Gasteiger partial charge is 0.181 e. The van der Waals surface area contributed by atoms with Gasteiger partial charge in [0.05, 0.1) is 19.8 Å². The van der Waals surface area contributed by atoms with Gasteiger partial charge in [0.25, 0.3) is 0 Å². The molecule has 0 amide bonds. The molecule has 2 rings (SSSR count). The van der Waals surface area contributed by atoms with Gasteiger partial charge in [0.2, 0.25) is 0 Å². The van der Waals surface area contributed by atoms with Crippen LogP contribution >= 0.6 is 23.2 Å². The van der Waals surface area contributed by atoms with Crippen LogP contribution in [0.2, 0.25) is 0 Å². The summed E-state index contributed by atoms with van der Waals surface area (Å²) in [4.78, 5) is 2.22. The van der Waals surface area contributed by atoms with Crippen molar-refractivity contribution in [1.29, 1.82) is 0 Å². The van der Waals surface area contributed by atoms with E-state index in [4.69, 9.17) is 32.7 Å². The Balaban J connectivity index is 1.92. The molecular weight excluding hydrogens is 237 g/mol. The van der Waals surface area contributed by atoms with Crippen molar-refractivity contribution in [3.63, 3.8) is 0 Å². The van der Waals surface area contributed by atoms with Crippen LogP contribution < -0.4 is 0 Å². The number of likely N-dealkylation sites (tertiary alicyclic amines) is 1. The summed E-state index contributed by atoms with van der Waals surface area (Å²) in [5.74, 6) is -0.373. The van der Waals surface area contributed by atoms with Gasteiger partial charge < -0.3 is 9.47 Å². The second-order valence-electron chi connectivity index (χ2n) is 3.98. The second-order valence-corrected chi connectivity index (χ2v) is 4.68. The second kappa shape index (κ2) is 5.02. The molecule has 5 heteroatoms. The van der Waals surface area contributed by atoms with Gasteiger partial charge in [-0.15, -0.1) is 0 Å². The van der Waals surface area contributed by atoms with Crippen LogP contribution in [0.25, 0.3) is 0 Å². The van der Waals surface area contributed by atoms with Gasteiger partial charge in [0.15, 0.2) is 5.79 Å². The molecule has 0 bridgehead atoms. The molecule has 0 unspecified atom stereocenters. The molecule has 0 N–H and O–H groups in total. The molecule has 2 saturated heterocycles. The highest BCUT2D eigenvalue weighted by molar-refractivity contribution is 6.36. The van der Waals surface area contributed by atoms with E-state index >= 15 is 0 Å². The number of rotatable bonds is 2. The highest BCUT2D eigenvalue weighted by atomic mass is 35.5. The molecule has 2 aliphatic rings. The van der Waals surface area contributed by atoms with Crippen molar-refractivity contribution >= 4 is 23.2 Å². The fraction of sp³-hybridized carbons (Fsp3) is 0.800. The minimum atomic E-state index is -0.373. The Kier molecular flexibility index (Phi) is 3.91. The standard InChI is InChI=1S/C10H15Cl2NO2/c11-6-9(12)7-13-3-1-2-10(8-13)14-4-5-15-10/h6H,1-5,7-8H2/b9-6+. The van der Waals surface area contributed by atoms with E-state index in [0.29, 0.717) is 24.8 Å².